The van der Waals surface area contributed by atoms with Crippen molar-refractivity contribution in [2.75, 3.05) is 0 Å². The summed E-state index contributed by atoms with van der Waals surface area (Å²) < 4.78 is 1.55. The second-order valence-electron chi connectivity index (χ2n) is 7.96. The van der Waals surface area contributed by atoms with Gasteiger partial charge in [-0.05, 0) is 106 Å². The lowest BCUT2D eigenvalue weighted by Gasteiger charge is -2.47. The Hall–Kier alpha value is -3.80. The van der Waals surface area contributed by atoms with Gasteiger partial charge in [-0.1, -0.05) is 0 Å². The number of aromatic hydroxyl groups is 2. The average Bonchev–Trinajstić information content (AvgIpc) is 2.87. The van der Waals surface area contributed by atoms with Gasteiger partial charge < -0.3 is 15.5 Å². The molecule has 0 atom stereocenters. The van der Waals surface area contributed by atoms with Gasteiger partial charge in [0.2, 0.25) is 5.88 Å². The maximum absolute atomic E-state index is 10.6. The van der Waals surface area contributed by atoms with Gasteiger partial charge in [0, 0.05) is 23.2 Å². The molecule has 2 heterocycles. The SMILES string of the molecule is C#CC#CC#CC#CC#CC#Cc1cc(O)n(C2CC(C)(C)NC(C)(C)C2)c1O. The van der Waals surface area contributed by atoms with Gasteiger partial charge in [0.1, 0.15) is 0 Å². The van der Waals surface area contributed by atoms with Crippen LogP contribution in [0.25, 0.3) is 0 Å². The summed E-state index contributed by atoms with van der Waals surface area (Å²) in [6.45, 7) is 8.45. The maximum Gasteiger partial charge on any atom is 0.210 e. The van der Waals surface area contributed by atoms with Crippen molar-refractivity contribution >= 4 is 0 Å². The van der Waals surface area contributed by atoms with Gasteiger partial charge in [-0.25, -0.2) is 0 Å². The number of terminal acetylenes is 1. The number of hydrogen-bond acceptors (Lipinski definition) is 3. The number of hydrogen-bond donors (Lipinski definition) is 3. The van der Waals surface area contributed by atoms with Crippen molar-refractivity contribution in [2.45, 2.75) is 57.7 Å². The molecule has 1 fully saturated rings. The van der Waals surface area contributed by atoms with E-state index in [-0.39, 0.29) is 28.9 Å². The molecule has 0 spiro atoms. The number of nitrogens with one attached hydrogen (secondary N) is 1. The molecule has 29 heavy (non-hydrogen) atoms. The van der Waals surface area contributed by atoms with Crippen molar-refractivity contribution in [3.63, 3.8) is 0 Å². The van der Waals surface area contributed by atoms with Crippen molar-refractivity contribution in [1.29, 1.82) is 0 Å². The lowest BCUT2D eigenvalue weighted by Crippen LogP contribution is -2.57. The van der Waals surface area contributed by atoms with Crippen LogP contribution in [0, 0.1) is 71.5 Å². The molecule has 1 aromatic heterocycles. The van der Waals surface area contributed by atoms with E-state index in [0.29, 0.717) is 5.56 Å². The van der Waals surface area contributed by atoms with E-state index in [1.54, 1.807) is 4.57 Å². The first-order chi connectivity index (χ1) is 13.7. The largest absolute Gasteiger partial charge is 0.494 e. The van der Waals surface area contributed by atoms with Crippen LogP contribution in [0.15, 0.2) is 6.07 Å². The zero-order valence-corrected chi connectivity index (χ0v) is 17.0. The smallest absolute Gasteiger partial charge is 0.210 e. The first kappa shape index (κ1) is 21.5. The third kappa shape index (κ3) is 6.10. The van der Waals surface area contributed by atoms with Crippen LogP contribution in [0.1, 0.15) is 52.1 Å². The summed E-state index contributed by atoms with van der Waals surface area (Å²) >= 11 is 0. The van der Waals surface area contributed by atoms with Crippen LogP contribution in [-0.4, -0.2) is 25.9 Å². The molecule has 1 aliphatic rings. The topological polar surface area (TPSA) is 57.4 Å². The number of piperidine rings is 1. The van der Waals surface area contributed by atoms with E-state index in [2.05, 4.69) is 98.1 Å². The zero-order chi connectivity index (χ0) is 21.5. The van der Waals surface area contributed by atoms with E-state index in [1.807, 2.05) is 0 Å². The Morgan fingerprint density at radius 2 is 1.38 bits per heavy atom. The lowest BCUT2D eigenvalue weighted by molar-refractivity contribution is 0.123. The highest BCUT2D eigenvalue weighted by Gasteiger charge is 2.39. The molecule has 0 amide bonds. The molecule has 0 bridgehead atoms. The molecule has 144 valence electrons. The van der Waals surface area contributed by atoms with Crippen molar-refractivity contribution in [2.24, 2.45) is 0 Å². The van der Waals surface area contributed by atoms with E-state index in [0.717, 1.165) is 12.8 Å². The quantitative estimate of drug-likeness (QED) is 0.654. The molecule has 2 rings (SSSR count). The zero-order valence-electron chi connectivity index (χ0n) is 17.0. The Labute approximate surface area is 173 Å². The molecule has 4 nitrogen and oxygen atoms in total. The van der Waals surface area contributed by atoms with E-state index in [1.165, 1.54) is 6.07 Å². The summed E-state index contributed by atoms with van der Waals surface area (Å²) in [5, 5.41) is 24.6. The fraction of sp³-hybridized carbons (Fsp3) is 0.360. The third-order valence-corrected chi connectivity index (χ3v) is 4.29. The fourth-order valence-electron chi connectivity index (χ4n) is 3.76. The first-order valence-electron chi connectivity index (χ1n) is 9.04. The Kier molecular flexibility index (Phi) is 6.62. The van der Waals surface area contributed by atoms with Crippen LogP contribution in [-0.2, 0) is 0 Å². The Balaban J connectivity index is 2.19. The van der Waals surface area contributed by atoms with Gasteiger partial charge in [0.05, 0.1) is 5.56 Å². The Bertz CT molecular complexity index is 1130. The lowest BCUT2D eigenvalue weighted by atomic mass is 9.79. The molecule has 0 unspecified atom stereocenters. The Morgan fingerprint density at radius 1 is 0.897 bits per heavy atom. The van der Waals surface area contributed by atoms with Gasteiger partial charge >= 0.3 is 0 Å². The first-order valence-corrected chi connectivity index (χ1v) is 9.04. The minimum atomic E-state index is -0.124. The highest BCUT2D eigenvalue weighted by molar-refractivity contribution is 5.51. The third-order valence-electron chi connectivity index (χ3n) is 4.29. The summed E-state index contributed by atoms with van der Waals surface area (Å²) in [6.07, 6.45) is 6.49. The van der Waals surface area contributed by atoms with Crippen LogP contribution >= 0.6 is 0 Å². The highest BCUT2D eigenvalue weighted by atomic mass is 16.3. The van der Waals surface area contributed by atoms with Gasteiger partial charge in [-0.2, -0.15) is 0 Å². The van der Waals surface area contributed by atoms with Crippen LogP contribution in [0.4, 0.5) is 0 Å². The minimum absolute atomic E-state index is 0.0126. The Morgan fingerprint density at radius 3 is 1.90 bits per heavy atom. The van der Waals surface area contributed by atoms with Crippen molar-refractivity contribution < 1.29 is 10.2 Å². The molecule has 1 saturated heterocycles. The summed E-state index contributed by atoms with van der Waals surface area (Å²) in [6, 6.07) is 1.40. The minimum Gasteiger partial charge on any atom is -0.494 e. The van der Waals surface area contributed by atoms with E-state index in [9.17, 15) is 10.2 Å². The maximum atomic E-state index is 10.6. The monoisotopic (exact) mass is 382 g/mol. The van der Waals surface area contributed by atoms with Gasteiger partial charge in [0.25, 0.3) is 0 Å². The van der Waals surface area contributed by atoms with Crippen LogP contribution < -0.4 is 5.32 Å². The molecule has 0 radical (unpaired) electrons. The fourth-order valence-corrected chi connectivity index (χ4v) is 3.76. The normalized spacial score (nSPS) is 15.8. The van der Waals surface area contributed by atoms with Crippen molar-refractivity contribution in [1.82, 2.24) is 9.88 Å². The number of rotatable bonds is 1. The predicted molar refractivity (Wildman–Crippen MR) is 114 cm³/mol. The summed E-state index contributed by atoms with van der Waals surface area (Å²) in [4.78, 5) is 0. The second-order valence-corrected chi connectivity index (χ2v) is 7.96. The summed E-state index contributed by atoms with van der Waals surface area (Å²) in [5.74, 6) is 27.3. The molecule has 1 aromatic rings. The second kappa shape index (κ2) is 8.93. The number of nitrogens with zero attached hydrogens (tertiary/aromatic N) is 1. The highest BCUT2D eigenvalue weighted by Crippen LogP contribution is 2.41. The van der Waals surface area contributed by atoms with E-state index < -0.39 is 0 Å². The van der Waals surface area contributed by atoms with Crippen molar-refractivity contribution in [3.8, 4) is 83.3 Å². The predicted octanol–water partition coefficient (Wildman–Crippen LogP) is 2.38. The number of aromatic nitrogens is 1. The van der Waals surface area contributed by atoms with Crippen LogP contribution in [0.3, 0.4) is 0 Å². The summed E-state index contributed by atoms with van der Waals surface area (Å²) in [7, 11) is 0. The molecular formula is C25H22N2O2. The van der Waals surface area contributed by atoms with Crippen LogP contribution in [0.5, 0.6) is 11.8 Å². The van der Waals surface area contributed by atoms with Gasteiger partial charge in [-0.3, -0.25) is 4.57 Å². The average molecular weight is 382 g/mol. The molecular weight excluding hydrogens is 360 g/mol. The van der Waals surface area contributed by atoms with Gasteiger partial charge in [0.15, 0.2) is 5.88 Å². The van der Waals surface area contributed by atoms with E-state index >= 15 is 0 Å². The van der Waals surface area contributed by atoms with Crippen LogP contribution in [0.2, 0.25) is 0 Å². The van der Waals surface area contributed by atoms with Gasteiger partial charge in [-0.15, -0.1) is 6.42 Å². The van der Waals surface area contributed by atoms with Crippen molar-refractivity contribution in [3.05, 3.63) is 11.6 Å². The van der Waals surface area contributed by atoms with E-state index in [4.69, 9.17) is 6.42 Å². The molecule has 0 aliphatic carbocycles. The molecule has 0 saturated carbocycles. The summed E-state index contributed by atoms with van der Waals surface area (Å²) in [5.41, 5.74) is 0.0742. The molecule has 0 aromatic carbocycles. The molecule has 4 heteroatoms. The standard InChI is InChI=1S/C25H22N2O2/c1-6-7-8-9-10-11-12-13-14-15-16-20-17-22(28)27(23(20)29)21-18-24(2,3)26-25(4,5)19-21/h1,17,21,26,28-29H,18-19H2,2-5H3. The molecule has 3 N–H and O–H groups in total. The molecule has 1 aliphatic heterocycles.